The average molecular weight is 285 g/mol. The summed E-state index contributed by atoms with van der Waals surface area (Å²) in [4.78, 5) is 15.4. The van der Waals surface area contributed by atoms with E-state index in [1.54, 1.807) is 6.92 Å². The largest absolute Gasteiger partial charge is 0.383 e. The second kappa shape index (κ2) is 5.88. The van der Waals surface area contributed by atoms with Crippen LogP contribution in [-0.2, 0) is 18.9 Å². The number of hydrogen-bond donors (Lipinski definition) is 1. The quantitative estimate of drug-likeness (QED) is 0.766. The molecule has 0 aromatic carbocycles. The Hall–Kier alpha value is -1.48. The van der Waals surface area contributed by atoms with Crippen LogP contribution in [0.2, 0.25) is 0 Å². The van der Waals surface area contributed by atoms with E-state index in [9.17, 15) is 4.79 Å². The molecule has 1 aliphatic rings. The molecule has 2 heterocycles. The highest BCUT2D eigenvalue weighted by Gasteiger charge is 2.43. The average Bonchev–Trinajstić information content (AvgIpc) is 2.89. The Kier molecular flexibility index (Phi) is 4.39. The van der Waals surface area contributed by atoms with Crippen molar-refractivity contribution in [2.45, 2.75) is 32.2 Å². The summed E-state index contributed by atoms with van der Waals surface area (Å²) in [6, 6.07) is 1.52. The van der Waals surface area contributed by atoms with Crippen molar-refractivity contribution in [2.75, 3.05) is 26.1 Å². The highest BCUT2D eigenvalue weighted by atomic mass is 16.8. The Morgan fingerprint density at radius 1 is 1.65 bits per heavy atom. The first kappa shape index (κ1) is 14.9. The van der Waals surface area contributed by atoms with Crippen LogP contribution in [-0.4, -0.2) is 42.0 Å². The number of nitrogens with zero attached hydrogens (tertiary/aromatic N) is 2. The van der Waals surface area contributed by atoms with Gasteiger partial charge in [0.2, 0.25) is 12.1 Å². The van der Waals surface area contributed by atoms with E-state index in [-0.39, 0.29) is 12.4 Å². The number of methoxy groups -OCH3 is 1. The maximum Gasteiger partial charge on any atom is 0.351 e. The molecule has 0 saturated carbocycles. The van der Waals surface area contributed by atoms with Crippen LogP contribution in [0.1, 0.15) is 20.1 Å². The Balaban J connectivity index is 2.14. The molecule has 1 aliphatic heterocycles. The Morgan fingerprint density at radius 2 is 2.40 bits per heavy atom. The van der Waals surface area contributed by atoms with Gasteiger partial charge in [-0.05, 0) is 19.9 Å². The molecule has 3 unspecified atom stereocenters. The fraction of sp³-hybridized carbons (Fsp3) is 0.667. The minimum absolute atomic E-state index is 0.165. The van der Waals surface area contributed by atoms with E-state index in [0.717, 1.165) is 0 Å². The molecular formula is C12H19N3O5. The fourth-order valence-electron chi connectivity index (χ4n) is 1.97. The van der Waals surface area contributed by atoms with Crippen LogP contribution in [0.15, 0.2) is 17.1 Å². The molecule has 0 aliphatic carbocycles. The molecule has 1 aromatic rings. The van der Waals surface area contributed by atoms with Crippen LogP contribution in [0.3, 0.4) is 0 Å². The Labute approximate surface area is 116 Å². The molecule has 1 saturated heterocycles. The third kappa shape index (κ3) is 2.83. The first-order valence-electron chi connectivity index (χ1n) is 6.31. The Morgan fingerprint density at radius 3 is 3.00 bits per heavy atom. The van der Waals surface area contributed by atoms with E-state index in [4.69, 9.17) is 24.7 Å². The van der Waals surface area contributed by atoms with E-state index in [2.05, 4.69) is 4.98 Å². The lowest BCUT2D eigenvalue weighted by Gasteiger charge is -2.31. The van der Waals surface area contributed by atoms with Gasteiger partial charge in [-0.2, -0.15) is 4.98 Å². The number of nitrogen functional groups attached to an aromatic ring is 1. The smallest absolute Gasteiger partial charge is 0.351 e. The van der Waals surface area contributed by atoms with Gasteiger partial charge in [0, 0.05) is 19.9 Å². The lowest BCUT2D eigenvalue weighted by molar-refractivity contribution is -0.313. The second-order valence-corrected chi connectivity index (χ2v) is 4.45. The van der Waals surface area contributed by atoms with Crippen molar-refractivity contribution in [1.29, 1.82) is 0 Å². The summed E-state index contributed by atoms with van der Waals surface area (Å²) in [5.41, 5.74) is 4.96. The topological polar surface area (TPSA) is 97.8 Å². The molecular weight excluding hydrogens is 266 g/mol. The van der Waals surface area contributed by atoms with Crippen molar-refractivity contribution in [3.63, 3.8) is 0 Å². The van der Waals surface area contributed by atoms with Gasteiger partial charge < -0.3 is 24.7 Å². The van der Waals surface area contributed by atoms with Crippen LogP contribution in [0.25, 0.3) is 0 Å². The third-order valence-electron chi connectivity index (χ3n) is 3.10. The zero-order valence-corrected chi connectivity index (χ0v) is 11.7. The zero-order chi connectivity index (χ0) is 14.8. The summed E-state index contributed by atoms with van der Waals surface area (Å²) < 4.78 is 23.3. The summed E-state index contributed by atoms with van der Waals surface area (Å²) in [5.74, 6) is -0.869. The number of nitrogens with two attached hydrogens (primary N) is 1. The van der Waals surface area contributed by atoms with E-state index < -0.39 is 24.0 Å². The molecule has 1 fully saturated rings. The zero-order valence-electron chi connectivity index (χ0n) is 11.7. The molecule has 8 nitrogen and oxygen atoms in total. The van der Waals surface area contributed by atoms with Gasteiger partial charge in [0.1, 0.15) is 5.82 Å². The van der Waals surface area contributed by atoms with E-state index in [0.29, 0.717) is 6.61 Å². The van der Waals surface area contributed by atoms with Gasteiger partial charge in [-0.1, -0.05) is 0 Å². The number of ether oxygens (including phenoxy) is 4. The van der Waals surface area contributed by atoms with Crippen molar-refractivity contribution in [2.24, 2.45) is 0 Å². The van der Waals surface area contributed by atoms with Crippen molar-refractivity contribution in [3.8, 4) is 0 Å². The summed E-state index contributed by atoms with van der Waals surface area (Å²) in [7, 11) is 1.51. The van der Waals surface area contributed by atoms with Gasteiger partial charge in [-0.25, -0.2) is 4.79 Å². The van der Waals surface area contributed by atoms with Gasteiger partial charge in [0.05, 0.1) is 6.61 Å². The molecule has 0 radical (unpaired) electrons. The van der Waals surface area contributed by atoms with E-state index >= 15 is 0 Å². The van der Waals surface area contributed by atoms with Crippen LogP contribution >= 0.6 is 0 Å². The van der Waals surface area contributed by atoms with Crippen molar-refractivity contribution in [1.82, 2.24) is 9.55 Å². The summed E-state index contributed by atoms with van der Waals surface area (Å²) >= 11 is 0. The molecule has 2 rings (SSSR count). The van der Waals surface area contributed by atoms with Crippen molar-refractivity contribution >= 4 is 5.82 Å². The SMILES string of the molecule is CCOC(C)(OC)C1OCC(n2ccc(N)nc2=O)O1. The van der Waals surface area contributed by atoms with Crippen LogP contribution in [0.4, 0.5) is 5.82 Å². The number of anilines is 1. The van der Waals surface area contributed by atoms with Gasteiger partial charge in [0.15, 0.2) is 6.23 Å². The minimum atomic E-state index is -1.03. The molecule has 2 N–H and O–H groups in total. The molecule has 3 atom stereocenters. The van der Waals surface area contributed by atoms with Crippen molar-refractivity contribution in [3.05, 3.63) is 22.7 Å². The van der Waals surface area contributed by atoms with Gasteiger partial charge in [-0.3, -0.25) is 4.57 Å². The molecule has 0 spiro atoms. The highest BCUT2D eigenvalue weighted by molar-refractivity contribution is 5.23. The fourth-order valence-corrected chi connectivity index (χ4v) is 1.97. The molecule has 8 heteroatoms. The monoisotopic (exact) mass is 285 g/mol. The number of aromatic nitrogens is 2. The van der Waals surface area contributed by atoms with E-state index in [1.807, 2.05) is 6.92 Å². The Bertz CT molecular complexity index is 520. The standard InChI is InChI=1S/C12H19N3O5/c1-4-19-12(2,17-3)10-18-7-9(20-10)15-6-5-8(13)14-11(15)16/h5-6,9-10H,4,7H2,1-3H3,(H2,13,14,16). The van der Waals surface area contributed by atoms with Gasteiger partial charge >= 0.3 is 5.69 Å². The first-order chi connectivity index (χ1) is 9.50. The normalized spacial score (nSPS) is 25.6. The maximum absolute atomic E-state index is 11.8. The summed E-state index contributed by atoms with van der Waals surface area (Å²) in [5, 5.41) is 0. The lowest BCUT2D eigenvalue weighted by Crippen LogP contribution is -2.45. The highest BCUT2D eigenvalue weighted by Crippen LogP contribution is 2.30. The molecule has 0 bridgehead atoms. The summed E-state index contributed by atoms with van der Waals surface area (Å²) in [6.45, 7) is 4.20. The second-order valence-electron chi connectivity index (χ2n) is 4.45. The minimum Gasteiger partial charge on any atom is -0.383 e. The predicted molar refractivity (Wildman–Crippen MR) is 69.8 cm³/mol. The van der Waals surface area contributed by atoms with Crippen molar-refractivity contribution < 1.29 is 18.9 Å². The number of rotatable bonds is 5. The van der Waals surface area contributed by atoms with Crippen LogP contribution in [0.5, 0.6) is 0 Å². The molecule has 20 heavy (non-hydrogen) atoms. The third-order valence-corrected chi connectivity index (χ3v) is 3.10. The van der Waals surface area contributed by atoms with Gasteiger partial charge in [0.25, 0.3) is 0 Å². The molecule has 1 aromatic heterocycles. The first-order valence-corrected chi connectivity index (χ1v) is 6.31. The van der Waals surface area contributed by atoms with Crippen LogP contribution in [0, 0.1) is 0 Å². The molecule has 112 valence electrons. The number of hydrogen-bond acceptors (Lipinski definition) is 7. The summed E-state index contributed by atoms with van der Waals surface area (Å²) in [6.07, 6.45) is 0.198. The van der Waals surface area contributed by atoms with Crippen LogP contribution < -0.4 is 11.4 Å². The maximum atomic E-state index is 11.8. The predicted octanol–water partition coefficient (Wildman–Crippen LogP) is 0.0961. The van der Waals surface area contributed by atoms with Gasteiger partial charge in [-0.15, -0.1) is 0 Å². The van der Waals surface area contributed by atoms with E-state index in [1.165, 1.54) is 23.9 Å². The molecule has 0 amide bonds. The lowest BCUT2D eigenvalue weighted by atomic mass is 10.3.